The van der Waals surface area contributed by atoms with E-state index in [1.54, 1.807) is 0 Å². The summed E-state index contributed by atoms with van der Waals surface area (Å²) < 4.78 is 33.6. The zero-order valence-corrected chi connectivity index (χ0v) is 45.0. The molecule has 0 radical (unpaired) electrons. The Morgan fingerprint density at radius 2 is 0.851 bits per heavy atom. The smallest absolute Gasteiger partial charge is 0.306 e. The molecule has 0 aromatic rings. The number of carbonyl (C=O) groups excluding carboxylic acids is 2. The molecule has 0 aliphatic carbocycles. The molecule has 15 nitrogen and oxygen atoms in total. The van der Waals surface area contributed by atoms with Gasteiger partial charge in [-0.15, -0.1) is 0 Å². The first-order chi connectivity index (χ1) is 36.0. The second kappa shape index (κ2) is 44.8. The van der Waals surface area contributed by atoms with Crippen molar-refractivity contribution in [3.63, 3.8) is 0 Å². The third-order valence-corrected chi connectivity index (χ3v) is 12.9. The lowest BCUT2D eigenvalue weighted by atomic mass is 9.98. The van der Waals surface area contributed by atoms with Crippen LogP contribution < -0.4 is 0 Å². The monoisotopic (exact) mass is 1050 g/mol. The molecule has 7 N–H and O–H groups in total. The van der Waals surface area contributed by atoms with E-state index in [0.717, 1.165) is 116 Å². The first-order valence-corrected chi connectivity index (χ1v) is 28.2. The summed E-state index contributed by atoms with van der Waals surface area (Å²) in [5, 5.41) is 72.3. The van der Waals surface area contributed by atoms with Gasteiger partial charge in [-0.2, -0.15) is 0 Å². The number of carbonyl (C=O) groups is 2. The number of allylic oxidation sites excluding steroid dienone is 14. The zero-order chi connectivity index (χ0) is 53.9. The Hall–Kier alpha value is -3.32. The van der Waals surface area contributed by atoms with E-state index < -0.39 is 99.3 Å². The number of rotatable bonds is 43. The van der Waals surface area contributed by atoms with Crippen molar-refractivity contribution in [2.45, 2.75) is 248 Å². The predicted molar refractivity (Wildman–Crippen MR) is 289 cm³/mol. The molecule has 2 rings (SSSR count). The van der Waals surface area contributed by atoms with Crippen LogP contribution in [0.2, 0.25) is 0 Å². The van der Waals surface area contributed by atoms with Gasteiger partial charge in [-0.3, -0.25) is 9.59 Å². The molecule has 0 amide bonds. The highest BCUT2D eigenvalue weighted by Crippen LogP contribution is 2.26. The number of esters is 2. The van der Waals surface area contributed by atoms with Gasteiger partial charge in [-0.25, -0.2) is 0 Å². The third-order valence-electron chi connectivity index (χ3n) is 12.9. The fourth-order valence-corrected chi connectivity index (χ4v) is 8.27. The van der Waals surface area contributed by atoms with Gasteiger partial charge in [0.05, 0.1) is 19.8 Å². The lowest BCUT2D eigenvalue weighted by Crippen LogP contribution is -2.61. The summed E-state index contributed by atoms with van der Waals surface area (Å²) in [6, 6.07) is 0. The van der Waals surface area contributed by atoms with E-state index in [0.29, 0.717) is 12.8 Å². The minimum atomic E-state index is -1.78. The van der Waals surface area contributed by atoms with Crippen molar-refractivity contribution in [3.8, 4) is 0 Å². The summed E-state index contributed by atoms with van der Waals surface area (Å²) in [4.78, 5) is 25.9. The van der Waals surface area contributed by atoms with Crippen LogP contribution in [0.25, 0.3) is 0 Å². The maximum atomic E-state index is 13.1. The number of hydrogen-bond donors (Lipinski definition) is 7. The zero-order valence-electron chi connectivity index (χ0n) is 45.0. The van der Waals surface area contributed by atoms with Crippen LogP contribution in [0, 0.1) is 0 Å². The fourth-order valence-electron chi connectivity index (χ4n) is 8.27. The summed E-state index contributed by atoms with van der Waals surface area (Å²) in [5.74, 6) is -0.961. The van der Waals surface area contributed by atoms with E-state index in [-0.39, 0.29) is 19.4 Å². The number of ether oxygens (including phenoxy) is 6. The SMILES string of the molecule is CC/C=C\C/C=C\C/C=C\C/C=C\CCCCCCCCC(=O)OC(COC(=O)CCCCCCCC/C=C\C/C=C\C/C=C\CCCCC)COC1OC(COC2OC(CO)C(O)C(O)C2O)C(O)C(O)C1O. The van der Waals surface area contributed by atoms with Crippen LogP contribution in [-0.4, -0.2) is 142 Å². The van der Waals surface area contributed by atoms with Gasteiger partial charge >= 0.3 is 11.9 Å². The van der Waals surface area contributed by atoms with E-state index in [1.165, 1.54) is 25.7 Å². The summed E-state index contributed by atoms with van der Waals surface area (Å²) in [6.07, 6.45) is 38.8. The first kappa shape index (κ1) is 66.8. The molecular formula is C59H98O15. The van der Waals surface area contributed by atoms with Gasteiger partial charge in [-0.1, -0.05) is 163 Å². The van der Waals surface area contributed by atoms with Crippen LogP contribution in [-0.2, 0) is 38.0 Å². The van der Waals surface area contributed by atoms with Gasteiger partial charge in [-0.05, 0) is 89.9 Å². The molecule has 0 bridgehead atoms. The fraction of sp³-hybridized carbons (Fsp3) is 0.729. The van der Waals surface area contributed by atoms with Crippen molar-refractivity contribution in [3.05, 3.63) is 85.1 Å². The molecule has 15 heteroatoms. The maximum Gasteiger partial charge on any atom is 0.306 e. The Bertz CT molecular complexity index is 1610. The quantitative estimate of drug-likeness (QED) is 0.0172. The van der Waals surface area contributed by atoms with Crippen molar-refractivity contribution in [1.82, 2.24) is 0 Å². The number of hydrogen-bond acceptors (Lipinski definition) is 15. The predicted octanol–water partition coefficient (Wildman–Crippen LogP) is 9.16. The highest BCUT2D eigenvalue weighted by atomic mass is 16.7. The molecule has 424 valence electrons. The highest BCUT2D eigenvalue weighted by molar-refractivity contribution is 5.70. The summed E-state index contributed by atoms with van der Waals surface area (Å²) in [6.45, 7) is 2.42. The highest BCUT2D eigenvalue weighted by Gasteiger charge is 2.47. The largest absolute Gasteiger partial charge is 0.462 e. The van der Waals surface area contributed by atoms with E-state index in [9.17, 15) is 45.3 Å². The molecule has 2 aliphatic heterocycles. The van der Waals surface area contributed by atoms with Crippen LogP contribution in [0.3, 0.4) is 0 Å². The molecule has 11 unspecified atom stereocenters. The van der Waals surface area contributed by atoms with Gasteiger partial charge < -0.3 is 64.2 Å². The van der Waals surface area contributed by atoms with E-state index in [1.807, 2.05) is 0 Å². The molecule has 2 fully saturated rings. The lowest BCUT2D eigenvalue weighted by Gasteiger charge is -2.42. The standard InChI is InChI=1S/C59H98O15/c1-3-5-7-9-11-13-15-17-19-21-23-25-27-29-31-33-35-37-39-41-50(61)69-44-47(72-51(62)42-40-38-36-34-32-30-28-26-24-22-20-18-16-14-12-10-8-6-4-2)45-70-58-57(68)55(66)53(64)49(74-58)46-71-59-56(67)54(65)52(63)48(43-60)73-59/h6,8,11-14,17-20,23-26,47-49,52-60,63-68H,3-5,7,9-10,15-16,21-22,27-46H2,1-2H3/b8-6-,13-11-,14-12-,19-17-,20-18-,25-23-,26-24-. The van der Waals surface area contributed by atoms with Crippen LogP contribution in [0.1, 0.15) is 181 Å². The Kier molecular flexibility index (Phi) is 40.4. The Labute approximate surface area is 444 Å². The van der Waals surface area contributed by atoms with Gasteiger partial charge in [0.15, 0.2) is 18.7 Å². The Morgan fingerprint density at radius 1 is 0.446 bits per heavy atom. The number of aliphatic hydroxyl groups is 7. The molecule has 0 spiro atoms. The molecule has 0 aromatic heterocycles. The molecule has 11 atom stereocenters. The second-order valence-electron chi connectivity index (χ2n) is 19.4. The van der Waals surface area contributed by atoms with Crippen LogP contribution in [0.15, 0.2) is 85.1 Å². The van der Waals surface area contributed by atoms with E-state index >= 15 is 0 Å². The van der Waals surface area contributed by atoms with Gasteiger partial charge in [0.1, 0.15) is 55.4 Å². The summed E-state index contributed by atoms with van der Waals surface area (Å²) >= 11 is 0. The van der Waals surface area contributed by atoms with E-state index in [2.05, 4.69) is 98.9 Å². The van der Waals surface area contributed by atoms with E-state index in [4.69, 9.17) is 28.4 Å². The lowest BCUT2D eigenvalue weighted by molar-refractivity contribution is -0.332. The van der Waals surface area contributed by atoms with Crippen LogP contribution in [0.4, 0.5) is 0 Å². The Balaban J connectivity index is 1.79. The van der Waals surface area contributed by atoms with Crippen molar-refractivity contribution in [1.29, 1.82) is 0 Å². The maximum absolute atomic E-state index is 13.1. The van der Waals surface area contributed by atoms with Crippen molar-refractivity contribution < 1.29 is 73.8 Å². The normalized spacial score (nSPS) is 25.3. The minimum absolute atomic E-state index is 0.141. The first-order valence-electron chi connectivity index (χ1n) is 28.2. The van der Waals surface area contributed by atoms with Crippen LogP contribution >= 0.6 is 0 Å². The van der Waals surface area contributed by atoms with Gasteiger partial charge in [0.25, 0.3) is 0 Å². The summed E-state index contributed by atoms with van der Waals surface area (Å²) in [7, 11) is 0. The topological polar surface area (TPSA) is 231 Å². The molecule has 0 aromatic carbocycles. The summed E-state index contributed by atoms with van der Waals surface area (Å²) in [5.41, 5.74) is 0. The average Bonchev–Trinajstić information content (AvgIpc) is 3.39. The minimum Gasteiger partial charge on any atom is -0.462 e. The second-order valence-corrected chi connectivity index (χ2v) is 19.4. The number of unbranched alkanes of at least 4 members (excludes halogenated alkanes) is 15. The molecule has 2 heterocycles. The molecule has 0 saturated carbocycles. The molecule has 2 aliphatic rings. The van der Waals surface area contributed by atoms with Crippen molar-refractivity contribution in [2.24, 2.45) is 0 Å². The third kappa shape index (κ3) is 31.7. The van der Waals surface area contributed by atoms with Crippen LogP contribution in [0.5, 0.6) is 0 Å². The van der Waals surface area contributed by atoms with Crippen molar-refractivity contribution >= 4 is 11.9 Å². The molecule has 2 saturated heterocycles. The average molecular weight is 1050 g/mol. The Morgan fingerprint density at radius 3 is 1.34 bits per heavy atom. The molecular weight excluding hydrogens is 949 g/mol. The van der Waals surface area contributed by atoms with Gasteiger partial charge in [0, 0.05) is 12.8 Å². The molecule has 74 heavy (non-hydrogen) atoms. The number of aliphatic hydroxyl groups excluding tert-OH is 7. The van der Waals surface area contributed by atoms with Crippen molar-refractivity contribution in [2.75, 3.05) is 26.4 Å². The van der Waals surface area contributed by atoms with Gasteiger partial charge in [0.2, 0.25) is 0 Å².